The van der Waals surface area contributed by atoms with E-state index in [2.05, 4.69) is 15.3 Å². The molecule has 0 aliphatic carbocycles. The van der Waals surface area contributed by atoms with Crippen molar-refractivity contribution in [1.82, 2.24) is 14.9 Å². The summed E-state index contributed by atoms with van der Waals surface area (Å²) in [5, 5.41) is 10.8. The molecule has 0 saturated carbocycles. The maximum absolute atomic E-state index is 11.6. The molecule has 0 unspecified atom stereocenters. The van der Waals surface area contributed by atoms with E-state index in [1.807, 2.05) is 6.92 Å². The van der Waals surface area contributed by atoms with E-state index in [-0.39, 0.29) is 4.77 Å². The lowest BCUT2D eigenvalue weighted by Gasteiger charge is -2.09. The van der Waals surface area contributed by atoms with Crippen LogP contribution in [0.3, 0.4) is 0 Å². The van der Waals surface area contributed by atoms with Crippen LogP contribution in [0.1, 0.15) is 18.9 Å². The van der Waals surface area contributed by atoms with Crippen molar-refractivity contribution in [2.24, 2.45) is 5.10 Å². The number of aromatic amines is 1. The Bertz CT molecular complexity index is 765. The van der Waals surface area contributed by atoms with Crippen LogP contribution in [0, 0.1) is 4.77 Å². The molecule has 9 heteroatoms. The van der Waals surface area contributed by atoms with E-state index >= 15 is 0 Å². The van der Waals surface area contributed by atoms with Gasteiger partial charge in [-0.25, -0.2) is 0 Å². The normalized spacial score (nSPS) is 11.0. The molecule has 2 aromatic rings. The van der Waals surface area contributed by atoms with Crippen LogP contribution in [0.25, 0.3) is 0 Å². The number of benzene rings is 1. The first-order valence-electron chi connectivity index (χ1n) is 6.36. The number of halogens is 2. The lowest BCUT2D eigenvalue weighted by molar-refractivity contribution is 0.318. The topological polar surface area (TPSA) is 72.3 Å². The van der Waals surface area contributed by atoms with Crippen LogP contribution in [0.5, 0.6) is 5.75 Å². The Hall–Kier alpha value is -1.70. The Balaban J connectivity index is 2.33. The lowest BCUT2D eigenvalue weighted by atomic mass is 10.2. The molecule has 0 saturated heterocycles. The molecule has 1 N–H and O–H groups in total. The second-order valence-electron chi connectivity index (χ2n) is 4.23. The van der Waals surface area contributed by atoms with E-state index in [9.17, 15) is 4.79 Å². The molecule has 1 aromatic heterocycles. The van der Waals surface area contributed by atoms with Gasteiger partial charge in [0.25, 0.3) is 5.56 Å². The average molecular weight is 359 g/mol. The minimum atomic E-state index is -0.444. The number of ether oxygens (including phenoxy) is 1. The van der Waals surface area contributed by atoms with Crippen molar-refractivity contribution in [2.75, 3.05) is 6.61 Å². The van der Waals surface area contributed by atoms with E-state index in [0.717, 1.165) is 17.3 Å². The van der Waals surface area contributed by atoms with Gasteiger partial charge < -0.3 is 4.74 Å². The molecule has 22 heavy (non-hydrogen) atoms. The fraction of sp³-hybridized carbons (Fsp3) is 0.231. The summed E-state index contributed by atoms with van der Waals surface area (Å²) in [6.45, 7) is 2.51. The van der Waals surface area contributed by atoms with Crippen molar-refractivity contribution in [3.05, 3.63) is 49.1 Å². The zero-order valence-corrected chi connectivity index (χ0v) is 13.9. The highest BCUT2D eigenvalue weighted by molar-refractivity contribution is 7.71. The highest BCUT2D eigenvalue weighted by Crippen LogP contribution is 2.33. The quantitative estimate of drug-likeness (QED) is 0.657. The lowest BCUT2D eigenvalue weighted by Crippen LogP contribution is -2.18. The maximum atomic E-state index is 11.6. The van der Waals surface area contributed by atoms with Crippen molar-refractivity contribution in [3.63, 3.8) is 0 Å². The smallest absolute Gasteiger partial charge is 0.293 e. The molecule has 0 aliphatic heterocycles. The number of nitrogens with zero attached hydrogens (tertiary/aromatic N) is 3. The van der Waals surface area contributed by atoms with Gasteiger partial charge in [-0.15, -0.1) is 0 Å². The largest absolute Gasteiger partial charge is 0.490 e. The predicted molar refractivity (Wildman–Crippen MR) is 88.9 cm³/mol. The van der Waals surface area contributed by atoms with E-state index in [1.54, 1.807) is 12.1 Å². The number of rotatable bonds is 5. The van der Waals surface area contributed by atoms with Crippen LogP contribution >= 0.6 is 35.4 Å². The van der Waals surface area contributed by atoms with Crippen molar-refractivity contribution >= 4 is 41.6 Å². The van der Waals surface area contributed by atoms with E-state index in [0.29, 0.717) is 28.0 Å². The number of hydrogen-bond donors (Lipinski definition) is 1. The van der Waals surface area contributed by atoms with E-state index in [1.165, 1.54) is 6.21 Å². The molecular formula is C13H12Cl2N4O2S. The van der Waals surface area contributed by atoms with Crippen molar-refractivity contribution in [1.29, 1.82) is 0 Å². The highest BCUT2D eigenvalue weighted by Gasteiger charge is 2.09. The molecule has 0 radical (unpaired) electrons. The van der Waals surface area contributed by atoms with E-state index in [4.69, 9.17) is 40.2 Å². The Morgan fingerprint density at radius 3 is 2.73 bits per heavy atom. The van der Waals surface area contributed by atoms with Gasteiger partial charge in [0.2, 0.25) is 4.77 Å². The first-order chi connectivity index (χ1) is 10.5. The Kier molecular flexibility index (Phi) is 5.70. The Morgan fingerprint density at radius 1 is 1.45 bits per heavy atom. The zero-order valence-electron chi connectivity index (χ0n) is 11.5. The van der Waals surface area contributed by atoms with E-state index < -0.39 is 5.56 Å². The monoisotopic (exact) mass is 358 g/mol. The van der Waals surface area contributed by atoms with Crippen LogP contribution in [-0.2, 0) is 0 Å². The van der Waals surface area contributed by atoms with Gasteiger partial charge in [0.15, 0.2) is 5.75 Å². The Labute approximate surface area is 141 Å². The maximum Gasteiger partial charge on any atom is 0.293 e. The molecule has 2 rings (SSSR count). The first kappa shape index (κ1) is 16.7. The summed E-state index contributed by atoms with van der Waals surface area (Å²) < 4.78 is 6.57. The van der Waals surface area contributed by atoms with Crippen LogP contribution in [0.2, 0.25) is 10.0 Å². The molecule has 0 fully saturated rings. The van der Waals surface area contributed by atoms with Crippen molar-refractivity contribution < 1.29 is 4.74 Å². The summed E-state index contributed by atoms with van der Waals surface area (Å²) in [6, 6.07) is 3.28. The first-order valence-corrected chi connectivity index (χ1v) is 7.52. The average Bonchev–Trinajstić information content (AvgIpc) is 2.46. The van der Waals surface area contributed by atoms with Crippen LogP contribution in [0.15, 0.2) is 28.2 Å². The van der Waals surface area contributed by atoms with Gasteiger partial charge in [0, 0.05) is 0 Å². The van der Waals surface area contributed by atoms with Crippen LogP contribution < -0.4 is 10.3 Å². The molecule has 116 valence electrons. The third kappa shape index (κ3) is 3.94. The molecule has 0 aliphatic rings. The minimum Gasteiger partial charge on any atom is -0.490 e. The molecule has 0 atom stereocenters. The minimum absolute atomic E-state index is 0.0869. The SMILES string of the molecule is CCCOc1c(Cl)cc(/C=N\n2c(=O)cn[nH]c2=S)cc1Cl. The van der Waals surface area contributed by atoms with Crippen LogP contribution in [-0.4, -0.2) is 27.7 Å². The third-order valence-electron chi connectivity index (χ3n) is 2.53. The van der Waals surface area contributed by atoms with Gasteiger partial charge in [-0.1, -0.05) is 30.1 Å². The summed E-state index contributed by atoms with van der Waals surface area (Å²) in [4.78, 5) is 11.6. The van der Waals surface area contributed by atoms with Crippen LogP contribution in [0.4, 0.5) is 0 Å². The molecule has 6 nitrogen and oxygen atoms in total. The molecule has 0 amide bonds. The second-order valence-corrected chi connectivity index (χ2v) is 5.43. The van der Waals surface area contributed by atoms with Gasteiger partial charge in [0.1, 0.15) is 6.20 Å². The van der Waals surface area contributed by atoms with Crippen molar-refractivity contribution in [3.8, 4) is 5.75 Å². The number of hydrogen-bond acceptors (Lipinski definition) is 5. The fourth-order valence-corrected chi connectivity index (χ4v) is 2.38. The summed E-state index contributed by atoms with van der Waals surface area (Å²) in [7, 11) is 0. The fourth-order valence-electron chi connectivity index (χ4n) is 1.57. The molecule has 1 aromatic carbocycles. The standard InChI is InChI=1S/C13H12Cl2N4O2S/c1-2-3-21-12-9(14)4-8(5-10(12)15)6-17-19-11(20)7-16-18-13(19)22/h4-7H,2-3H2,1H3,(H,18,22)/b17-6-. The number of nitrogens with one attached hydrogen (secondary N) is 1. The van der Waals surface area contributed by atoms with Gasteiger partial charge in [-0.2, -0.15) is 14.9 Å². The molecule has 1 heterocycles. The van der Waals surface area contributed by atoms with Gasteiger partial charge in [-0.05, 0) is 36.3 Å². The number of H-pyrrole nitrogens is 1. The van der Waals surface area contributed by atoms with Gasteiger partial charge >= 0.3 is 0 Å². The summed E-state index contributed by atoms with van der Waals surface area (Å²) in [5.74, 6) is 0.431. The van der Waals surface area contributed by atoms with Crippen molar-refractivity contribution in [2.45, 2.75) is 13.3 Å². The predicted octanol–water partition coefficient (Wildman–Crippen LogP) is 3.28. The number of aromatic nitrogens is 3. The second kappa shape index (κ2) is 7.53. The third-order valence-corrected chi connectivity index (χ3v) is 3.36. The molecule has 0 bridgehead atoms. The van der Waals surface area contributed by atoms with Gasteiger partial charge in [-0.3, -0.25) is 9.89 Å². The summed E-state index contributed by atoms with van der Waals surface area (Å²) in [5.41, 5.74) is 0.164. The molecule has 0 spiro atoms. The van der Waals surface area contributed by atoms with Gasteiger partial charge in [0.05, 0.1) is 22.9 Å². The zero-order chi connectivity index (χ0) is 16.1. The molecular weight excluding hydrogens is 347 g/mol. The summed E-state index contributed by atoms with van der Waals surface area (Å²) >= 11 is 17.2. The highest BCUT2D eigenvalue weighted by atomic mass is 35.5. The Morgan fingerprint density at radius 2 is 2.14 bits per heavy atom. The summed E-state index contributed by atoms with van der Waals surface area (Å²) in [6.07, 6.45) is 3.35.